The summed E-state index contributed by atoms with van der Waals surface area (Å²) in [6.45, 7) is 2.84. The van der Waals surface area contributed by atoms with E-state index in [1.54, 1.807) is 26.0 Å². The Morgan fingerprint density at radius 3 is 2.60 bits per heavy atom. The summed E-state index contributed by atoms with van der Waals surface area (Å²) in [6, 6.07) is 5.44. The van der Waals surface area contributed by atoms with Crippen LogP contribution in [0.25, 0.3) is 6.08 Å². The average molecular weight is 551 g/mol. The van der Waals surface area contributed by atoms with Crippen molar-refractivity contribution in [1.82, 2.24) is 10.2 Å². The maximum atomic E-state index is 12.9. The fourth-order valence-electron chi connectivity index (χ4n) is 3.13. The van der Waals surface area contributed by atoms with Gasteiger partial charge in [0.2, 0.25) is 5.76 Å². The average Bonchev–Trinajstić information content (AvgIpc) is 3.37. The molecule has 3 rings (SSSR count). The number of hydrogen-bond donors (Lipinski definition) is 1. The van der Waals surface area contributed by atoms with Crippen LogP contribution in [0.4, 0.5) is 4.79 Å². The third-order valence-electron chi connectivity index (χ3n) is 4.59. The van der Waals surface area contributed by atoms with Gasteiger partial charge >= 0.3 is 18.0 Å². The Hall–Kier alpha value is -3.80. The van der Waals surface area contributed by atoms with Crippen LogP contribution in [0.15, 0.2) is 38.9 Å². The topological polar surface area (TPSA) is 134 Å². The Kier molecular flexibility index (Phi) is 8.18. The predicted molar refractivity (Wildman–Crippen MR) is 125 cm³/mol. The highest BCUT2D eigenvalue weighted by atomic mass is 79.9. The van der Waals surface area contributed by atoms with Gasteiger partial charge in [-0.25, -0.2) is 14.4 Å². The van der Waals surface area contributed by atoms with Gasteiger partial charge in [0.05, 0.1) is 26.9 Å². The highest BCUT2D eigenvalue weighted by Crippen LogP contribution is 2.36. The summed E-state index contributed by atoms with van der Waals surface area (Å²) in [5.74, 6) is -1.25. The number of nitrogens with one attached hydrogen (secondary N) is 1. The van der Waals surface area contributed by atoms with E-state index in [1.165, 1.54) is 32.4 Å². The first kappa shape index (κ1) is 25.8. The van der Waals surface area contributed by atoms with Crippen molar-refractivity contribution in [3.63, 3.8) is 0 Å². The van der Waals surface area contributed by atoms with E-state index in [0.29, 0.717) is 15.8 Å². The van der Waals surface area contributed by atoms with Gasteiger partial charge in [-0.1, -0.05) is 15.9 Å². The van der Waals surface area contributed by atoms with Crippen molar-refractivity contribution in [1.29, 1.82) is 0 Å². The summed E-state index contributed by atoms with van der Waals surface area (Å²) in [5, 5.41) is 2.50. The molecule has 1 aromatic heterocycles. The molecular formula is C23H23BrN2O9. The van der Waals surface area contributed by atoms with Crippen LogP contribution < -0.4 is 14.8 Å². The Bertz CT molecular complexity index is 1190. The van der Waals surface area contributed by atoms with Crippen molar-refractivity contribution in [3.05, 3.63) is 51.5 Å². The molecule has 0 aliphatic carbocycles. The van der Waals surface area contributed by atoms with Crippen LogP contribution in [0.2, 0.25) is 0 Å². The highest BCUT2D eigenvalue weighted by molar-refractivity contribution is 9.10. The Labute approximate surface area is 209 Å². The summed E-state index contributed by atoms with van der Waals surface area (Å²) in [6.07, 6.45) is 1.09. The Morgan fingerprint density at radius 2 is 1.94 bits per heavy atom. The lowest BCUT2D eigenvalue weighted by atomic mass is 10.1. The minimum Gasteiger partial charge on any atom is -0.493 e. The second kappa shape index (κ2) is 11.1. The van der Waals surface area contributed by atoms with Gasteiger partial charge in [-0.2, -0.15) is 0 Å². The summed E-state index contributed by atoms with van der Waals surface area (Å²) < 4.78 is 26.6. The molecule has 1 fully saturated rings. The molecule has 35 heavy (non-hydrogen) atoms. The van der Waals surface area contributed by atoms with Crippen LogP contribution in [-0.4, -0.2) is 55.7 Å². The van der Waals surface area contributed by atoms with Crippen molar-refractivity contribution in [2.45, 2.75) is 26.5 Å². The molecule has 0 spiro atoms. The Balaban J connectivity index is 1.85. The van der Waals surface area contributed by atoms with Crippen LogP contribution >= 0.6 is 15.9 Å². The molecule has 0 atom stereocenters. The lowest BCUT2D eigenvalue weighted by molar-refractivity contribution is -0.149. The standard InChI is InChI=1S/C23H23BrN2O9/c1-12(2)34-19(27)11-33-20-13(7-14(24)9-18(20)31-3)8-16-21(28)26(23(30)25-16)10-15-5-6-17(35-15)22(29)32-4/h5-9,12H,10-11H2,1-4H3,(H,25,30)/b16-8+. The van der Waals surface area contributed by atoms with Gasteiger partial charge in [-0.05, 0) is 44.2 Å². The van der Waals surface area contributed by atoms with E-state index in [2.05, 4.69) is 26.0 Å². The summed E-state index contributed by atoms with van der Waals surface area (Å²) in [7, 11) is 2.63. The summed E-state index contributed by atoms with van der Waals surface area (Å²) >= 11 is 3.36. The van der Waals surface area contributed by atoms with Crippen LogP contribution in [0, 0.1) is 0 Å². The smallest absolute Gasteiger partial charge is 0.373 e. The third-order valence-corrected chi connectivity index (χ3v) is 5.05. The number of methoxy groups -OCH3 is 2. The zero-order valence-corrected chi connectivity index (χ0v) is 21.0. The zero-order chi connectivity index (χ0) is 25.7. The van der Waals surface area contributed by atoms with Crippen molar-refractivity contribution >= 4 is 45.9 Å². The number of ether oxygens (including phenoxy) is 4. The molecule has 0 bridgehead atoms. The van der Waals surface area contributed by atoms with Gasteiger partial charge in [0.15, 0.2) is 18.1 Å². The van der Waals surface area contributed by atoms with E-state index in [1.807, 2.05) is 0 Å². The number of urea groups is 1. The van der Waals surface area contributed by atoms with E-state index in [9.17, 15) is 19.2 Å². The molecule has 11 nitrogen and oxygen atoms in total. The first-order chi connectivity index (χ1) is 16.6. The summed E-state index contributed by atoms with van der Waals surface area (Å²) in [4.78, 5) is 49.9. The molecule has 1 aliphatic rings. The zero-order valence-electron chi connectivity index (χ0n) is 19.4. The molecule has 186 valence electrons. The highest BCUT2D eigenvalue weighted by Gasteiger charge is 2.35. The number of carbonyl (C=O) groups excluding carboxylic acids is 4. The second-order valence-corrected chi connectivity index (χ2v) is 8.41. The number of halogens is 1. The fourth-order valence-corrected chi connectivity index (χ4v) is 3.58. The first-order valence-electron chi connectivity index (χ1n) is 10.3. The molecule has 1 saturated heterocycles. The normalized spacial score (nSPS) is 14.3. The second-order valence-electron chi connectivity index (χ2n) is 7.49. The van der Waals surface area contributed by atoms with E-state index in [-0.39, 0.29) is 42.2 Å². The van der Waals surface area contributed by atoms with E-state index < -0.39 is 23.9 Å². The SMILES string of the molecule is COC(=O)c1ccc(CN2C(=O)N/C(=C/c3cc(Br)cc(OC)c3OCC(=O)OC(C)C)C2=O)o1. The van der Waals surface area contributed by atoms with E-state index in [0.717, 1.165) is 4.90 Å². The lowest BCUT2D eigenvalue weighted by Gasteiger charge is -2.15. The maximum absolute atomic E-state index is 12.9. The molecule has 0 radical (unpaired) electrons. The molecule has 1 N–H and O–H groups in total. The first-order valence-corrected chi connectivity index (χ1v) is 11.1. The number of rotatable bonds is 9. The largest absolute Gasteiger partial charge is 0.493 e. The molecule has 0 unspecified atom stereocenters. The number of benzene rings is 1. The van der Waals surface area contributed by atoms with Gasteiger partial charge in [0.1, 0.15) is 11.5 Å². The molecule has 1 aliphatic heterocycles. The van der Waals surface area contributed by atoms with E-state index >= 15 is 0 Å². The maximum Gasteiger partial charge on any atom is 0.373 e. The fraction of sp³-hybridized carbons (Fsp3) is 0.304. The monoisotopic (exact) mass is 550 g/mol. The summed E-state index contributed by atoms with van der Waals surface area (Å²) in [5.41, 5.74) is 0.328. The number of furan rings is 1. The van der Waals surface area contributed by atoms with Crippen molar-refractivity contribution in [2.75, 3.05) is 20.8 Å². The predicted octanol–water partition coefficient (Wildman–Crippen LogP) is 3.26. The molecule has 2 aromatic rings. The molecule has 3 amide bonds. The molecular weight excluding hydrogens is 528 g/mol. The number of amides is 3. The van der Waals surface area contributed by atoms with Gasteiger partial charge in [-0.15, -0.1) is 0 Å². The number of hydrogen-bond acceptors (Lipinski definition) is 9. The number of esters is 2. The quantitative estimate of drug-likeness (QED) is 0.283. The molecule has 12 heteroatoms. The van der Waals surface area contributed by atoms with Crippen molar-refractivity contribution < 1.29 is 42.5 Å². The number of nitrogens with zero attached hydrogens (tertiary/aromatic N) is 1. The van der Waals surface area contributed by atoms with Crippen LogP contribution in [0.3, 0.4) is 0 Å². The number of imide groups is 1. The molecule has 1 aromatic carbocycles. The Morgan fingerprint density at radius 1 is 1.20 bits per heavy atom. The van der Waals surface area contributed by atoms with Crippen LogP contribution in [0.5, 0.6) is 11.5 Å². The van der Waals surface area contributed by atoms with Crippen molar-refractivity contribution in [3.8, 4) is 11.5 Å². The van der Waals surface area contributed by atoms with Gasteiger partial charge in [0, 0.05) is 10.0 Å². The molecule has 0 saturated carbocycles. The van der Waals surface area contributed by atoms with Crippen LogP contribution in [-0.2, 0) is 25.6 Å². The molecule has 2 heterocycles. The van der Waals surface area contributed by atoms with Crippen molar-refractivity contribution in [2.24, 2.45) is 0 Å². The lowest BCUT2D eigenvalue weighted by Crippen LogP contribution is -2.30. The van der Waals surface area contributed by atoms with Gasteiger partial charge < -0.3 is 28.7 Å². The van der Waals surface area contributed by atoms with E-state index in [4.69, 9.17) is 18.6 Å². The van der Waals surface area contributed by atoms with Crippen LogP contribution in [0.1, 0.15) is 35.7 Å². The number of carbonyl (C=O) groups is 4. The van der Waals surface area contributed by atoms with Gasteiger partial charge in [-0.3, -0.25) is 9.69 Å². The van der Waals surface area contributed by atoms with Gasteiger partial charge in [0.25, 0.3) is 5.91 Å². The third kappa shape index (κ3) is 6.21. The minimum atomic E-state index is -0.679. The minimum absolute atomic E-state index is 0.0375.